The minimum atomic E-state index is -0.377. The first kappa shape index (κ1) is 14.5. The quantitative estimate of drug-likeness (QED) is 0.837. The van der Waals surface area contributed by atoms with Gasteiger partial charge in [0.15, 0.2) is 0 Å². The lowest BCUT2D eigenvalue weighted by molar-refractivity contribution is -0.146. The molecule has 2 saturated heterocycles. The fraction of sp³-hybridized carbons (Fsp3) is 0.571. The molecule has 3 heterocycles. The molecule has 3 rings (SSSR count). The maximum atomic E-state index is 12.3. The van der Waals surface area contributed by atoms with Gasteiger partial charge in [-0.15, -0.1) is 11.3 Å². The van der Waals surface area contributed by atoms with Crippen LogP contribution in [0.25, 0.3) is 0 Å². The summed E-state index contributed by atoms with van der Waals surface area (Å²) in [4.78, 5) is 28.9. The molecule has 0 saturated carbocycles. The van der Waals surface area contributed by atoms with E-state index in [1.165, 1.54) is 11.3 Å². The van der Waals surface area contributed by atoms with Crippen molar-refractivity contribution >= 4 is 23.2 Å². The monoisotopic (exact) mass is 309 g/mol. The lowest BCUT2D eigenvalue weighted by atomic mass is 10.2. The Balaban J connectivity index is 1.52. The molecular formula is C14H19N3O3S. The molecular weight excluding hydrogens is 290 g/mol. The highest BCUT2D eigenvalue weighted by molar-refractivity contribution is 7.12. The SMILES string of the molecule is O=C(c1cccs1)N1CCN(C(=O)C2CNCCO2)CC1. The first-order valence-corrected chi connectivity index (χ1v) is 8.07. The number of carbonyl (C=O) groups excluding carboxylic acids is 2. The van der Waals surface area contributed by atoms with Crippen molar-refractivity contribution in [2.45, 2.75) is 6.10 Å². The number of thiophene rings is 1. The first-order valence-electron chi connectivity index (χ1n) is 7.19. The Bertz CT molecular complexity index is 492. The number of ether oxygens (including phenoxy) is 1. The molecule has 0 aromatic carbocycles. The molecule has 1 aromatic rings. The Morgan fingerprint density at radius 3 is 2.62 bits per heavy atom. The second-order valence-corrected chi connectivity index (χ2v) is 6.11. The van der Waals surface area contributed by atoms with Crippen LogP contribution in [-0.2, 0) is 9.53 Å². The van der Waals surface area contributed by atoms with Gasteiger partial charge in [0.1, 0.15) is 6.10 Å². The largest absolute Gasteiger partial charge is 0.366 e. The van der Waals surface area contributed by atoms with Gasteiger partial charge in [-0.2, -0.15) is 0 Å². The van der Waals surface area contributed by atoms with Gasteiger partial charge < -0.3 is 19.9 Å². The van der Waals surface area contributed by atoms with Crippen molar-refractivity contribution in [2.75, 3.05) is 45.9 Å². The van der Waals surface area contributed by atoms with E-state index in [1.807, 2.05) is 22.4 Å². The topological polar surface area (TPSA) is 61.9 Å². The maximum absolute atomic E-state index is 12.3. The van der Waals surface area contributed by atoms with E-state index in [0.717, 1.165) is 11.4 Å². The fourth-order valence-corrected chi connectivity index (χ4v) is 3.30. The van der Waals surface area contributed by atoms with Gasteiger partial charge >= 0.3 is 0 Å². The van der Waals surface area contributed by atoms with Crippen LogP contribution in [0.1, 0.15) is 9.67 Å². The van der Waals surface area contributed by atoms with Gasteiger partial charge in [0, 0.05) is 39.3 Å². The number of piperazine rings is 1. The molecule has 7 heteroatoms. The predicted octanol–water partition coefficient (Wildman–Crippen LogP) is 0.0209. The van der Waals surface area contributed by atoms with Gasteiger partial charge in [-0.3, -0.25) is 9.59 Å². The molecule has 2 aliphatic heterocycles. The number of morpholine rings is 1. The van der Waals surface area contributed by atoms with E-state index in [0.29, 0.717) is 39.3 Å². The summed E-state index contributed by atoms with van der Waals surface area (Å²) < 4.78 is 5.49. The van der Waals surface area contributed by atoms with E-state index in [2.05, 4.69) is 5.32 Å². The van der Waals surface area contributed by atoms with Crippen molar-refractivity contribution in [1.29, 1.82) is 0 Å². The predicted molar refractivity (Wildman–Crippen MR) is 79.4 cm³/mol. The average molecular weight is 309 g/mol. The van der Waals surface area contributed by atoms with E-state index in [4.69, 9.17) is 4.74 Å². The van der Waals surface area contributed by atoms with Crippen LogP contribution in [0.3, 0.4) is 0 Å². The third kappa shape index (κ3) is 3.25. The molecule has 0 bridgehead atoms. The molecule has 114 valence electrons. The lowest BCUT2D eigenvalue weighted by Crippen LogP contribution is -2.55. The zero-order chi connectivity index (χ0) is 14.7. The van der Waals surface area contributed by atoms with Crippen molar-refractivity contribution in [3.63, 3.8) is 0 Å². The van der Waals surface area contributed by atoms with Crippen LogP contribution < -0.4 is 5.32 Å². The molecule has 0 radical (unpaired) electrons. The van der Waals surface area contributed by atoms with Crippen LogP contribution >= 0.6 is 11.3 Å². The Labute approximate surface area is 127 Å². The Morgan fingerprint density at radius 1 is 1.24 bits per heavy atom. The van der Waals surface area contributed by atoms with Crippen molar-refractivity contribution in [2.24, 2.45) is 0 Å². The summed E-state index contributed by atoms with van der Waals surface area (Å²) in [5.74, 6) is 0.0955. The van der Waals surface area contributed by atoms with Crippen LogP contribution in [0, 0.1) is 0 Å². The second-order valence-electron chi connectivity index (χ2n) is 5.16. The van der Waals surface area contributed by atoms with Gasteiger partial charge in [0.25, 0.3) is 11.8 Å². The molecule has 21 heavy (non-hydrogen) atoms. The number of amides is 2. The van der Waals surface area contributed by atoms with Crippen molar-refractivity contribution in [1.82, 2.24) is 15.1 Å². The molecule has 1 aromatic heterocycles. The molecule has 1 N–H and O–H groups in total. The Morgan fingerprint density at radius 2 is 2.00 bits per heavy atom. The number of carbonyl (C=O) groups is 2. The van der Waals surface area contributed by atoms with Crippen LogP contribution in [0.15, 0.2) is 17.5 Å². The minimum Gasteiger partial charge on any atom is -0.366 e. The summed E-state index contributed by atoms with van der Waals surface area (Å²) >= 11 is 1.45. The summed E-state index contributed by atoms with van der Waals surface area (Å²) in [5.41, 5.74) is 0. The molecule has 6 nitrogen and oxygen atoms in total. The summed E-state index contributed by atoms with van der Waals surface area (Å²) in [7, 11) is 0. The Kier molecular flexibility index (Phi) is 4.52. The normalized spacial score (nSPS) is 23.1. The summed E-state index contributed by atoms with van der Waals surface area (Å²) in [6.07, 6.45) is -0.377. The third-order valence-corrected chi connectivity index (χ3v) is 4.67. The molecule has 1 unspecified atom stereocenters. The van der Waals surface area contributed by atoms with E-state index in [-0.39, 0.29) is 17.9 Å². The summed E-state index contributed by atoms with van der Waals surface area (Å²) in [5, 5.41) is 5.07. The van der Waals surface area contributed by atoms with Crippen LogP contribution in [-0.4, -0.2) is 73.6 Å². The molecule has 2 aliphatic rings. The zero-order valence-corrected chi connectivity index (χ0v) is 12.6. The lowest BCUT2D eigenvalue weighted by Gasteiger charge is -2.36. The van der Waals surface area contributed by atoms with E-state index in [9.17, 15) is 9.59 Å². The second kappa shape index (κ2) is 6.55. The van der Waals surface area contributed by atoms with E-state index in [1.54, 1.807) is 4.90 Å². The number of nitrogens with one attached hydrogen (secondary N) is 1. The number of rotatable bonds is 2. The third-order valence-electron chi connectivity index (χ3n) is 3.81. The highest BCUT2D eigenvalue weighted by atomic mass is 32.1. The van der Waals surface area contributed by atoms with Gasteiger partial charge in [-0.1, -0.05) is 6.07 Å². The van der Waals surface area contributed by atoms with Crippen LogP contribution in [0.4, 0.5) is 0 Å². The number of hydrogen-bond donors (Lipinski definition) is 1. The molecule has 2 amide bonds. The molecule has 2 fully saturated rings. The number of hydrogen-bond acceptors (Lipinski definition) is 5. The molecule has 1 atom stereocenters. The smallest absolute Gasteiger partial charge is 0.264 e. The van der Waals surface area contributed by atoms with Crippen molar-refractivity contribution in [3.8, 4) is 0 Å². The van der Waals surface area contributed by atoms with Crippen LogP contribution in [0.5, 0.6) is 0 Å². The maximum Gasteiger partial charge on any atom is 0.264 e. The summed E-state index contributed by atoms with van der Waals surface area (Å²) in [6, 6.07) is 3.72. The first-order chi connectivity index (χ1) is 10.3. The average Bonchev–Trinajstić information content (AvgIpc) is 3.09. The standard InChI is InChI=1S/C14H19N3O3S/c18-13(11-10-15-3-8-20-11)16-4-6-17(7-5-16)14(19)12-2-1-9-21-12/h1-2,9,11,15H,3-8,10H2. The molecule has 0 aliphatic carbocycles. The van der Waals surface area contributed by atoms with E-state index < -0.39 is 0 Å². The molecule has 0 spiro atoms. The summed E-state index contributed by atoms with van der Waals surface area (Å²) in [6.45, 7) is 4.28. The zero-order valence-electron chi connectivity index (χ0n) is 11.8. The highest BCUT2D eigenvalue weighted by Crippen LogP contribution is 2.14. The van der Waals surface area contributed by atoms with Gasteiger partial charge in [-0.05, 0) is 11.4 Å². The van der Waals surface area contributed by atoms with Crippen molar-refractivity contribution < 1.29 is 14.3 Å². The van der Waals surface area contributed by atoms with Gasteiger partial charge in [0.2, 0.25) is 0 Å². The fourth-order valence-electron chi connectivity index (χ4n) is 2.61. The minimum absolute atomic E-state index is 0.0328. The highest BCUT2D eigenvalue weighted by Gasteiger charge is 2.30. The van der Waals surface area contributed by atoms with Gasteiger partial charge in [-0.25, -0.2) is 0 Å². The van der Waals surface area contributed by atoms with Gasteiger partial charge in [0.05, 0.1) is 11.5 Å². The Hall–Kier alpha value is -1.44. The van der Waals surface area contributed by atoms with Crippen LogP contribution in [0.2, 0.25) is 0 Å². The van der Waals surface area contributed by atoms with E-state index >= 15 is 0 Å². The van der Waals surface area contributed by atoms with Crippen molar-refractivity contribution in [3.05, 3.63) is 22.4 Å². The number of nitrogens with zero attached hydrogens (tertiary/aromatic N) is 2.